The van der Waals surface area contributed by atoms with Crippen molar-refractivity contribution in [2.75, 3.05) is 7.11 Å². The molecular weight excluding hydrogens is 280 g/mol. The Labute approximate surface area is 133 Å². The number of carbonyl (C=O) groups is 1. The molecule has 0 aromatic heterocycles. The van der Waals surface area contributed by atoms with Gasteiger partial charge in [0.1, 0.15) is 5.78 Å². The van der Waals surface area contributed by atoms with E-state index in [1.54, 1.807) is 7.11 Å². The highest BCUT2D eigenvalue weighted by Gasteiger charge is 2.48. The van der Waals surface area contributed by atoms with E-state index in [1.807, 2.05) is 19.1 Å². The van der Waals surface area contributed by atoms with E-state index < -0.39 is 5.79 Å². The van der Waals surface area contributed by atoms with E-state index in [-0.39, 0.29) is 24.1 Å². The number of hydrogen-bond acceptors (Lipinski definition) is 4. The molecule has 4 nitrogen and oxygen atoms in total. The van der Waals surface area contributed by atoms with Gasteiger partial charge in [-0.2, -0.15) is 0 Å². The summed E-state index contributed by atoms with van der Waals surface area (Å²) in [5.74, 6) is -0.643. The number of methoxy groups -OCH3 is 1. The summed E-state index contributed by atoms with van der Waals surface area (Å²) in [5.41, 5.74) is 1.16. The molecule has 0 aliphatic carbocycles. The molecule has 2 aliphatic rings. The average molecular weight is 308 g/mol. The Balaban J connectivity index is 2.15. The fourth-order valence-electron chi connectivity index (χ4n) is 3.36. The number of carbonyl (C=O) groups excluding carboxylic acids is 1. The van der Waals surface area contributed by atoms with Crippen LogP contribution in [0, 0.1) is 0 Å². The smallest absolute Gasteiger partial charge is 0.178 e. The van der Waals surface area contributed by atoms with E-state index in [1.165, 1.54) is 0 Å². The Morgan fingerprint density at radius 2 is 2.27 bits per heavy atom. The standard InChI is InChI=1S/C18H28O4/c1-5-7-15-9-14(19)11-18(21-15)12-17(20-4)10-16(22-18)8-13(3)6-2/h5,7,15-17H,3,6,8-12H2,1-2,4H3/b7-5+/t15-,16+,17-,18+/m0/s1. The highest BCUT2D eigenvalue weighted by molar-refractivity contribution is 5.80. The molecular formula is C18H28O4. The molecule has 2 heterocycles. The topological polar surface area (TPSA) is 44.8 Å². The van der Waals surface area contributed by atoms with Gasteiger partial charge >= 0.3 is 0 Å². The van der Waals surface area contributed by atoms with Crippen LogP contribution < -0.4 is 0 Å². The third kappa shape index (κ3) is 4.28. The first-order chi connectivity index (χ1) is 10.5. The van der Waals surface area contributed by atoms with Gasteiger partial charge in [-0.3, -0.25) is 4.79 Å². The fraction of sp³-hybridized carbons (Fsp3) is 0.722. The number of ketones is 1. The Morgan fingerprint density at radius 1 is 1.50 bits per heavy atom. The Morgan fingerprint density at radius 3 is 2.91 bits per heavy atom. The monoisotopic (exact) mass is 308 g/mol. The number of ether oxygens (including phenoxy) is 3. The van der Waals surface area contributed by atoms with Crippen LogP contribution in [0.2, 0.25) is 0 Å². The van der Waals surface area contributed by atoms with Crippen LogP contribution in [0.1, 0.15) is 52.4 Å². The summed E-state index contributed by atoms with van der Waals surface area (Å²) in [6.45, 7) is 8.10. The zero-order valence-corrected chi connectivity index (χ0v) is 14.0. The van der Waals surface area contributed by atoms with Crippen molar-refractivity contribution < 1.29 is 19.0 Å². The van der Waals surface area contributed by atoms with Crippen LogP contribution in [0.3, 0.4) is 0 Å². The summed E-state index contributed by atoms with van der Waals surface area (Å²) < 4.78 is 18.0. The van der Waals surface area contributed by atoms with Gasteiger partial charge < -0.3 is 14.2 Å². The van der Waals surface area contributed by atoms with Crippen molar-refractivity contribution in [3.63, 3.8) is 0 Å². The third-order valence-corrected chi connectivity index (χ3v) is 4.46. The largest absolute Gasteiger partial charge is 0.381 e. The van der Waals surface area contributed by atoms with Crippen LogP contribution in [0.15, 0.2) is 24.3 Å². The van der Waals surface area contributed by atoms with E-state index in [9.17, 15) is 4.79 Å². The molecule has 22 heavy (non-hydrogen) atoms. The van der Waals surface area contributed by atoms with Crippen LogP contribution in [-0.4, -0.2) is 37.0 Å². The van der Waals surface area contributed by atoms with Gasteiger partial charge in [0.2, 0.25) is 0 Å². The Hall–Kier alpha value is -0.970. The molecule has 0 bridgehead atoms. The number of Topliss-reactive ketones (excluding diaryl/α,β-unsaturated/α-hetero) is 1. The van der Waals surface area contributed by atoms with Gasteiger partial charge in [-0.25, -0.2) is 0 Å². The summed E-state index contributed by atoms with van der Waals surface area (Å²) in [6, 6.07) is 0. The predicted molar refractivity (Wildman–Crippen MR) is 85.6 cm³/mol. The highest BCUT2D eigenvalue weighted by Crippen LogP contribution is 2.40. The zero-order chi connectivity index (χ0) is 16.2. The summed E-state index contributed by atoms with van der Waals surface area (Å²) >= 11 is 0. The maximum atomic E-state index is 12.1. The minimum Gasteiger partial charge on any atom is -0.381 e. The van der Waals surface area contributed by atoms with Gasteiger partial charge in [0.05, 0.1) is 24.7 Å². The molecule has 0 N–H and O–H groups in total. The van der Waals surface area contributed by atoms with Crippen molar-refractivity contribution in [1.29, 1.82) is 0 Å². The Kier molecular flexibility index (Phi) is 5.95. The molecule has 0 unspecified atom stereocenters. The van der Waals surface area contributed by atoms with Crippen molar-refractivity contribution in [2.24, 2.45) is 0 Å². The normalized spacial score (nSPS) is 36.1. The molecule has 4 atom stereocenters. The number of allylic oxidation sites excluding steroid dienone is 1. The van der Waals surface area contributed by atoms with E-state index in [0.717, 1.165) is 24.8 Å². The van der Waals surface area contributed by atoms with Crippen molar-refractivity contribution >= 4 is 5.78 Å². The lowest BCUT2D eigenvalue weighted by Crippen LogP contribution is -2.54. The maximum absolute atomic E-state index is 12.1. The van der Waals surface area contributed by atoms with Gasteiger partial charge in [-0.1, -0.05) is 31.2 Å². The fourth-order valence-corrected chi connectivity index (χ4v) is 3.36. The molecule has 2 rings (SSSR count). The second-order valence-corrected chi connectivity index (χ2v) is 6.36. The van der Waals surface area contributed by atoms with Crippen molar-refractivity contribution in [3.05, 3.63) is 24.3 Å². The van der Waals surface area contributed by atoms with Gasteiger partial charge in [0, 0.05) is 26.4 Å². The second kappa shape index (κ2) is 7.53. The maximum Gasteiger partial charge on any atom is 0.178 e. The molecule has 124 valence electrons. The van der Waals surface area contributed by atoms with Crippen LogP contribution >= 0.6 is 0 Å². The van der Waals surface area contributed by atoms with Crippen molar-refractivity contribution in [1.82, 2.24) is 0 Å². The lowest BCUT2D eigenvalue weighted by molar-refractivity contribution is -0.313. The molecule has 4 heteroatoms. The quantitative estimate of drug-likeness (QED) is 0.729. The van der Waals surface area contributed by atoms with E-state index in [2.05, 4.69) is 13.5 Å². The summed E-state index contributed by atoms with van der Waals surface area (Å²) in [5, 5.41) is 0. The first kappa shape index (κ1) is 17.4. The molecule has 2 saturated heterocycles. The van der Waals surface area contributed by atoms with Crippen molar-refractivity contribution in [3.8, 4) is 0 Å². The lowest BCUT2D eigenvalue weighted by Gasteiger charge is -2.47. The van der Waals surface area contributed by atoms with Crippen LogP contribution in [0.25, 0.3) is 0 Å². The van der Waals surface area contributed by atoms with E-state index in [4.69, 9.17) is 14.2 Å². The minimum atomic E-state index is -0.836. The van der Waals surface area contributed by atoms with Gasteiger partial charge in [0.15, 0.2) is 5.79 Å². The van der Waals surface area contributed by atoms with Crippen LogP contribution in [-0.2, 0) is 19.0 Å². The molecule has 0 aromatic rings. The average Bonchev–Trinajstić information content (AvgIpc) is 2.45. The molecule has 0 amide bonds. The molecule has 0 saturated carbocycles. The molecule has 1 spiro atoms. The lowest BCUT2D eigenvalue weighted by atomic mass is 9.88. The molecule has 0 aromatic carbocycles. The van der Waals surface area contributed by atoms with Crippen molar-refractivity contribution in [2.45, 2.75) is 76.5 Å². The zero-order valence-electron chi connectivity index (χ0n) is 14.0. The van der Waals surface area contributed by atoms with Crippen LogP contribution in [0.4, 0.5) is 0 Å². The highest BCUT2D eigenvalue weighted by atomic mass is 16.7. The van der Waals surface area contributed by atoms with E-state index in [0.29, 0.717) is 19.3 Å². The molecule has 2 aliphatic heterocycles. The van der Waals surface area contributed by atoms with Gasteiger partial charge in [-0.05, 0) is 19.8 Å². The first-order valence-corrected chi connectivity index (χ1v) is 8.19. The summed E-state index contributed by atoms with van der Waals surface area (Å²) in [6.07, 6.45) is 7.62. The first-order valence-electron chi connectivity index (χ1n) is 8.19. The summed E-state index contributed by atoms with van der Waals surface area (Å²) in [7, 11) is 1.71. The number of hydrogen-bond donors (Lipinski definition) is 0. The van der Waals surface area contributed by atoms with Gasteiger partial charge in [-0.15, -0.1) is 0 Å². The van der Waals surface area contributed by atoms with Gasteiger partial charge in [0.25, 0.3) is 0 Å². The molecule has 2 fully saturated rings. The van der Waals surface area contributed by atoms with E-state index >= 15 is 0 Å². The number of rotatable bonds is 5. The Bertz CT molecular complexity index is 442. The minimum absolute atomic E-state index is 0.00306. The van der Waals surface area contributed by atoms with Crippen LogP contribution in [0.5, 0.6) is 0 Å². The summed E-state index contributed by atoms with van der Waals surface area (Å²) in [4.78, 5) is 12.1. The molecule has 0 radical (unpaired) electrons. The third-order valence-electron chi connectivity index (χ3n) is 4.46. The second-order valence-electron chi connectivity index (χ2n) is 6.36. The predicted octanol–water partition coefficient (Wildman–Crippen LogP) is 3.56. The SMILES string of the molecule is C=C(CC)C[C@@H]1C[C@H](OC)C[C@@]2(CC(=O)C[C@H](/C=C/C)O2)O1.